The fraction of sp³-hybridized carbons (Fsp3) is 0. The fourth-order valence-corrected chi connectivity index (χ4v) is 5.53. The van der Waals surface area contributed by atoms with Crippen LogP contribution in [-0.4, -0.2) is 0 Å². The molecule has 184 valence electrons. The van der Waals surface area contributed by atoms with Crippen molar-refractivity contribution in [1.29, 1.82) is 0 Å². The van der Waals surface area contributed by atoms with Crippen LogP contribution in [0.15, 0.2) is 142 Å². The van der Waals surface area contributed by atoms with Crippen LogP contribution >= 0.6 is 0 Å². The highest BCUT2D eigenvalue weighted by Crippen LogP contribution is 2.35. The largest absolute Gasteiger partial charge is 0.456 e. The topological polar surface area (TPSA) is 38.3 Å². The van der Waals surface area contributed by atoms with Gasteiger partial charge in [-0.2, -0.15) is 0 Å². The van der Waals surface area contributed by atoms with Gasteiger partial charge in [-0.1, -0.05) is 72.8 Å². The van der Waals surface area contributed by atoms with Crippen LogP contribution < -0.4 is 5.32 Å². The lowest BCUT2D eigenvalue weighted by Gasteiger charge is -2.11. The van der Waals surface area contributed by atoms with Gasteiger partial charge in [-0.15, -0.1) is 0 Å². The maximum atomic E-state index is 6.12. The van der Waals surface area contributed by atoms with E-state index in [2.05, 4.69) is 102 Å². The second-order valence-electron chi connectivity index (χ2n) is 9.90. The molecule has 39 heavy (non-hydrogen) atoms. The third-order valence-electron chi connectivity index (χ3n) is 7.44. The first-order valence-electron chi connectivity index (χ1n) is 13.1. The third kappa shape index (κ3) is 3.75. The van der Waals surface area contributed by atoms with Crippen molar-refractivity contribution >= 4 is 55.3 Å². The van der Waals surface area contributed by atoms with E-state index >= 15 is 0 Å². The summed E-state index contributed by atoms with van der Waals surface area (Å²) in [5, 5.41) is 8.17. The molecule has 2 heterocycles. The van der Waals surface area contributed by atoms with Crippen molar-refractivity contribution in [2.24, 2.45) is 0 Å². The Morgan fingerprint density at radius 2 is 0.769 bits per heavy atom. The molecule has 0 atom stereocenters. The van der Waals surface area contributed by atoms with Gasteiger partial charge in [-0.3, -0.25) is 0 Å². The van der Waals surface area contributed by atoms with Crippen molar-refractivity contribution in [3.05, 3.63) is 133 Å². The summed E-state index contributed by atoms with van der Waals surface area (Å²) in [7, 11) is 0. The first-order valence-corrected chi connectivity index (χ1v) is 13.1. The summed E-state index contributed by atoms with van der Waals surface area (Å²) >= 11 is 0. The number of furan rings is 2. The normalized spacial score (nSPS) is 11.6. The first-order chi connectivity index (χ1) is 19.3. The van der Waals surface area contributed by atoms with Gasteiger partial charge in [0.2, 0.25) is 0 Å². The lowest BCUT2D eigenvalue weighted by Crippen LogP contribution is -1.91. The van der Waals surface area contributed by atoms with E-state index in [4.69, 9.17) is 8.83 Å². The predicted octanol–water partition coefficient (Wildman–Crippen LogP) is 10.6. The second kappa shape index (κ2) is 8.64. The molecule has 0 aliphatic heterocycles. The van der Waals surface area contributed by atoms with Crippen LogP contribution in [0.25, 0.3) is 66.1 Å². The Bertz CT molecular complexity index is 2010. The van der Waals surface area contributed by atoms with Gasteiger partial charge in [0, 0.05) is 32.9 Å². The van der Waals surface area contributed by atoms with E-state index in [9.17, 15) is 0 Å². The maximum absolute atomic E-state index is 6.12. The monoisotopic (exact) mass is 501 g/mol. The van der Waals surface area contributed by atoms with Crippen molar-refractivity contribution in [3.63, 3.8) is 0 Å². The van der Waals surface area contributed by atoms with Gasteiger partial charge in [0.15, 0.2) is 0 Å². The van der Waals surface area contributed by atoms with Crippen molar-refractivity contribution in [3.8, 4) is 22.3 Å². The van der Waals surface area contributed by atoms with Crippen LogP contribution in [0.1, 0.15) is 0 Å². The van der Waals surface area contributed by atoms with Crippen molar-refractivity contribution < 1.29 is 8.83 Å². The minimum Gasteiger partial charge on any atom is -0.456 e. The number of anilines is 2. The molecule has 3 heteroatoms. The molecule has 8 aromatic rings. The number of nitrogens with one attached hydrogen (secondary N) is 1. The third-order valence-corrected chi connectivity index (χ3v) is 7.44. The van der Waals surface area contributed by atoms with Crippen LogP contribution in [0.5, 0.6) is 0 Å². The van der Waals surface area contributed by atoms with E-state index in [0.29, 0.717) is 0 Å². The van der Waals surface area contributed by atoms with E-state index in [0.717, 1.165) is 77.5 Å². The highest BCUT2D eigenvalue weighted by Gasteiger charge is 2.10. The Labute approximate surface area is 224 Å². The van der Waals surface area contributed by atoms with Gasteiger partial charge in [0.05, 0.1) is 0 Å². The molecule has 0 radical (unpaired) electrons. The number of fused-ring (bicyclic) bond motifs is 6. The van der Waals surface area contributed by atoms with Crippen LogP contribution in [0, 0.1) is 0 Å². The zero-order chi connectivity index (χ0) is 25.8. The number of hydrogen-bond acceptors (Lipinski definition) is 3. The Morgan fingerprint density at radius 1 is 0.333 bits per heavy atom. The van der Waals surface area contributed by atoms with Gasteiger partial charge in [0.25, 0.3) is 0 Å². The molecule has 0 fully saturated rings. The summed E-state index contributed by atoms with van der Waals surface area (Å²) < 4.78 is 12.2. The van der Waals surface area contributed by atoms with E-state index in [-0.39, 0.29) is 0 Å². The molecule has 0 spiro atoms. The predicted molar refractivity (Wildman–Crippen MR) is 162 cm³/mol. The van der Waals surface area contributed by atoms with E-state index in [1.54, 1.807) is 0 Å². The van der Waals surface area contributed by atoms with E-state index in [1.165, 1.54) is 0 Å². The van der Waals surface area contributed by atoms with Crippen LogP contribution in [0.2, 0.25) is 0 Å². The second-order valence-corrected chi connectivity index (χ2v) is 9.90. The van der Waals surface area contributed by atoms with Crippen LogP contribution in [-0.2, 0) is 0 Å². The van der Waals surface area contributed by atoms with Crippen molar-refractivity contribution in [2.75, 3.05) is 5.32 Å². The zero-order valence-electron chi connectivity index (χ0n) is 21.0. The van der Waals surface area contributed by atoms with Crippen molar-refractivity contribution in [2.45, 2.75) is 0 Å². The highest BCUT2D eigenvalue weighted by atomic mass is 16.3. The average Bonchev–Trinajstić information content (AvgIpc) is 3.55. The summed E-state index contributed by atoms with van der Waals surface area (Å²) in [5.41, 5.74) is 10.2. The minimum absolute atomic E-state index is 0.904. The Kier molecular flexibility index (Phi) is 4.82. The SMILES string of the molecule is c1cc(Nc2cccc(-c3ccc4c(c3)oc3ccccc34)c2)cc(-c2ccc3c(c2)oc2ccccc23)c1. The molecular formula is C36H23NO2. The Balaban J connectivity index is 1.10. The number of benzene rings is 6. The first kappa shape index (κ1) is 21.8. The molecule has 1 N–H and O–H groups in total. The standard InChI is InChI=1S/C36H23NO2/c1-3-13-33-29(11-1)31-17-15-25(21-35(31)38-33)23-7-5-9-27(19-23)37-28-10-6-8-24(20-28)26-16-18-32-30-12-2-4-14-34(30)39-36(32)22-26/h1-22,37H. The van der Waals surface area contributed by atoms with Gasteiger partial charge >= 0.3 is 0 Å². The summed E-state index contributed by atoms with van der Waals surface area (Å²) in [4.78, 5) is 0. The quantitative estimate of drug-likeness (QED) is 0.261. The average molecular weight is 502 g/mol. The van der Waals surface area contributed by atoms with Gasteiger partial charge in [-0.05, 0) is 82.9 Å². The molecule has 3 nitrogen and oxygen atoms in total. The van der Waals surface area contributed by atoms with Gasteiger partial charge in [-0.25, -0.2) is 0 Å². The van der Waals surface area contributed by atoms with Gasteiger partial charge < -0.3 is 14.2 Å². The number of para-hydroxylation sites is 2. The van der Waals surface area contributed by atoms with E-state index in [1.807, 2.05) is 36.4 Å². The van der Waals surface area contributed by atoms with Gasteiger partial charge in [0.1, 0.15) is 22.3 Å². The van der Waals surface area contributed by atoms with Crippen molar-refractivity contribution in [1.82, 2.24) is 0 Å². The summed E-state index contributed by atoms with van der Waals surface area (Å²) in [6, 6.07) is 46.2. The molecule has 6 aromatic carbocycles. The summed E-state index contributed by atoms with van der Waals surface area (Å²) in [5.74, 6) is 0. The molecule has 0 saturated heterocycles. The Morgan fingerprint density at radius 3 is 1.28 bits per heavy atom. The molecule has 0 bridgehead atoms. The molecule has 8 rings (SSSR count). The fourth-order valence-electron chi connectivity index (χ4n) is 5.53. The molecule has 2 aromatic heterocycles. The highest BCUT2D eigenvalue weighted by molar-refractivity contribution is 6.06. The smallest absolute Gasteiger partial charge is 0.136 e. The van der Waals surface area contributed by atoms with Crippen LogP contribution in [0.4, 0.5) is 11.4 Å². The Hall–Kier alpha value is -5.28. The molecule has 0 saturated carbocycles. The number of hydrogen-bond donors (Lipinski definition) is 1. The van der Waals surface area contributed by atoms with E-state index < -0.39 is 0 Å². The lowest BCUT2D eigenvalue weighted by molar-refractivity contribution is 0.668. The molecule has 0 amide bonds. The van der Waals surface area contributed by atoms with Crippen LogP contribution in [0.3, 0.4) is 0 Å². The molecule has 0 aliphatic carbocycles. The summed E-state index contributed by atoms with van der Waals surface area (Å²) in [6.45, 7) is 0. The lowest BCUT2D eigenvalue weighted by atomic mass is 10.0. The minimum atomic E-state index is 0.904. The molecule has 0 aliphatic rings. The zero-order valence-corrected chi connectivity index (χ0v) is 21.0. The molecular weight excluding hydrogens is 478 g/mol. The maximum Gasteiger partial charge on any atom is 0.136 e. The summed E-state index contributed by atoms with van der Waals surface area (Å²) in [6.07, 6.45) is 0. The molecule has 0 unspecified atom stereocenters. The number of rotatable bonds is 4.